The van der Waals surface area contributed by atoms with E-state index in [0.29, 0.717) is 8.81 Å². The van der Waals surface area contributed by atoms with Crippen molar-refractivity contribution < 1.29 is 4.52 Å². The summed E-state index contributed by atoms with van der Waals surface area (Å²) in [4.78, 5) is 0. The predicted octanol–water partition coefficient (Wildman–Crippen LogP) is 5.45. The van der Waals surface area contributed by atoms with Gasteiger partial charge in [-0.15, -0.1) is 0 Å². The second kappa shape index (κ2) is 7.06. The summed E-state index contributed by atoms with van der Waals surface area (Å²) < 4.78 is 6.00. The Balaban J connectivity index is 1.83. The molecule has 0 aromatic heterocycles. The summed E-state index contributed by atoms with van der Waals surface area (Å²) in [5.41, 5.74) is 2.85. The molecule has 0 bridgehead atoms. The normalized spacial score (nSPS) is 11.1. The zero-order valence-electron chi connectivity index (χ0n) is 11.6. The van der Waals surface area contributed by atoms with E-state index in [2.05, 4.69) is 48.5 Å². The van der Waals surface area contributed by atoms with E-state index in [1.165, 1.54) is 11.1 Å². The summed E-state index contributed by atoms with van der Waals surface area (Å²) in [6, 6.07) is 31.1. The molecule has 1 unspecified atom stereocenters. The molecule has 0 fully saturated rings. The van der Waals surface area contributed by atoms with Crippen LogP contribution in [0.3, 0.4) is 0 Å². The van der Waals surface area contributed by atoms with E-state index in [1.807, 2.05) is 42.5 Å². The molecule has 0 N–H and O–H groups in total. The predicted molar refractivity (Wildman–Crippen MR) is 90.1 cm³/mol. The lowest BCUT2D eigenvalue weighted by atomic mass is 10.0. The molecule has 0 amide bonds. The van der Waals surface area contributed by atoms with Crippen LogP contribution < -0.4 is 4.52 Å². The highest BCUT2D eigenvalue weighted by Gasteiger charge is 2.15. The van der Waals surface area contributed by atoms with E-state index >= 15 is 0 Å². The van der Waals surface area contributed by atoms with Crippen LogP contribution in [0, 0.1) is 0 Å². The Bertz CT molecular complexity index is 613. The summed E-state index contributed by atoms with van der Waals surface area (Å²) >= 11 is 0. The molecule has 1 atom stereocenters. The molecule has 0 spiro atoms. The van der Waals surface area contributed by atoms with E-state index in [-0.39, 0.29) is 5.66 Å². The Labute approximate surface area is 127 Å². The molecule has 21 heavy (non-hydrogen) atoms. The van der Waals surface area contributed by atoms with E-state index in [9.17, 15) is 0 Å². The molecular weight excluding hydrogens is 275 g/mol. The van der Waals surface area contributed by atoms with Gasteiger partial charge in [0.25, 0.3) is 0 Å². The van der Waals surface area contributed by atoms with Crippen molar-refractivity contribution in [1.29, 1.82) is 0 Å². The molecule has 3 aromatic carbocycles. The molecule has 0 heterocycles. The van der Waals surface area contributed by atoms with Gasteiger partial charge in [-0.25, -0.2) is 0 Å². The third kappa shape index (κ3) is 3.71. The van der Waals surface area contributed by atoms with Gasteiger partial charge in [0.1, 0.15) is 5.75 Å². The van der Waals surface area contributed by atoms with Crippen molar-refractivity contribution in [3.8, 4) is 5.75 Å². The number of benzene rings is 3. The average Bonchev–Trinajstić information content (AvgIpc) is 2.58. The van der Waals surface area contributed by atoms with Crippen LogP contribution in [-0.2, 0) is 0 Å². The van der Waals surface area contributed by atoms with Gasteiger partial charge in [-0.2, -0.15) is 0 Å². The van der Waals surface area contributed by atoms with Crippen molar-refractivity contribution in [3.05, 3.63) is 102 Å². The van der Waals surface area contributed by atoms with Gasteiger partial charge in [-0.1, -0.05) is 78.9 Å². The number of hydrogen-bond donors (Lipinski definition) is 0. The molecule has 104 valence electrons. The Kier molecular flexibility index (Phi) is 4.66. The van der Waals surface area contributed by atoms with Gasteiger partial charge in [0, 0.05) is 0 Å². The third-order valence-electron chi connectivity index (χ3n) is 3.30. The molecule has 3 rings (SSSR count). The highest BCUT2D eigenvalue weighted by Crippen LogP contribution is 2.41. The minimum atomic E-state index is 0.271. The summed E-state index contributed by atoms with van der Waals surface area (Å²) in [6.45, 7) is 0. The summed E-state index contributed by atoms with van der Waals surface area (Å²) in [5, 5.41) is 0. The number of rotatable bonds is 5. The lowest BCUT2D eigenvalue weighted by Gasteiger charge is -2.18. The molecule has 0 saturated heterocycles. The molecule has 0 aliphatic rings. The lowest BCUT2D eigenvalue weighted by molar-refractivity contribution is 0.624. The lowest BCUT2D eigenvalue weighted by Crippen LogP contribution is -1.97. The van der Waals surface area contributed by atoms with Crippen molar-refractivity contribution in [2.45, 2.75) is 5.66 Å². The fraction of sp³-hybridized carbons (Fsp3) is 0.0526. The molecule has 0 aliphatic heterocycles. The maximum atomic E-state index is 6.00. The highest BCUT2D eigenvalue weighted by molar-refractivity contribution is 7.33. The summed E-state index contributed by atoms with van der Waals surface area (Å²) in [7, 11) is 0.356. The van der Waals surface area contributed by atoms with E-state index in [4.69, 9.17) is 4.52 Å². The Morgan fingerprint density at radius 1 is 0.571 bits per heavy atom. The van der Waals surface area contributed by atoms with Gasteiger partial charge in [0.15, 0.2) is 0 Å². The van der Waals surface area contributed by atoms with Crippen LogP contribution >= 0.6 is 8.81 Å². The van der Waals surface area contributed by atoms with E-state index < -0.39 is 0 Å². The molecular formula is C19H17OP. The summed E-state index contributed by atoms with van der Waals surface area (Å²) in [5.74, 6) is 0.924. The fourth-order valence-electron chi connectivity index (χ4n) is 2.24. The number of hydrogen-bond acceptors (Lipinski definition) is 1. The maximum Gasteiger partial charge on any atom is 0.122 e. The second-order valence-electron chi connectivity index (χ2n) is 4.79. The third-order valence-corrected chi connectivity index (χ3v) is 4.56. The monoisotopic (exact) mass is 292 g/mol. The molecule has 0 aliphatic carbocycles. The molecule has 0 saturated carbocycles. The Hall–Kier alpha value is -2.11. The van der Waals surface area contributed by atoms with Crippen LogP contribution in [0.1, 0.15) is 16.8 Å². The fourth-order valence-corrected chi connectivity index (χ4v) is 3.28. The van der Waals surface area contributed by atoms with Crippen molar-refractivity contribution in [2.24, 2.45) is 0 Å². The van der Waals surface area contributed by atoms with Crippen molar-refractivity contribution >= 4 is 8.81 Å². The minimum absolute atomic E-state index is 0.271. The first-order valence-electron chi connectivity index (χ1n) is 7.01. The van der Waals surface area contributed by atoms with Gasteiger partial charge < -0.3 is 4.52 Å². The number of para-hydroxylation sites is 1. The first-order valence-corrected chi connectivity index (χ1v) is 7.99. The average molecular weight is 292 g/mol. The maximum absolute atomic E-state index is 6.00. The van der Waals surface area contributed by atoms with Crippen molar-refractivity contribution in [2.75, 3.05) is 0 Å². The topological polar surface area (TPSA) is 9.23 Å². The van der Waals surface area contributed by atoms with Crippen LogP contribution in [0.5, 0.6) is 5.75 Å². The van der Waals surface area contributed by atoms with Gasteiger partial charge >= 0.3 is 0 Å². The Morgan fingerprint density at radius 2 is 1.00 bits per heavy atom. The van der Waals surface area contributed by atoms with Crippen molar-refractivity contribution in [1.82, 2.24) is 0 Å². The largest absolute Gasteiger partial charge is 0.476 e. The molecule has 3 aromatic rings. The van der Waals surface area contributed by atoms with Gasteiger partial charge in [-0.05, 0) is 23.3 Å². The first-order chi connectivity index (χ1) is 10.4. The zero-order valence-corrected chi connectivity index (χ0v) is 12.6. The van der Waals surface area contributed by atoms with Gasteiger partial charge in [0.05, 0.1) is 14.5 Å². The Morgan fingerprint density at radius 3 is 1.48 bits per heavy atom. The molecule has 0 radical (unpaired) electrons. The summed E-state index contributed by atoms with van der Waals surface area (Å²) in [6.07, 6.45) is 0. The van der Waals surface area contributed by atoms with Crippen LogP contribution in [-0.4, -0.2) is 0 Å². The second-order valence-corrected chi connectivity index (χ2v) is 5.80. The quantitative estimate of drug-likeness (QED) is 0.568. The van der Waals surface area contributed by atoms with Gasteiger partial charge in [0.2, 0.25) is 0 Å². The van der Waals surface area contributed by atoms with Crippen molar-refractivity contribution in [3.63, 3.8) is 0 Å². The standard InChI is InChI=1S/C19H17OP/c1-4-10-16(11-5-1)19(17-12-6-2-7-13-17)21-20-18-14-8-3-9-15-18/h1-15,19,21H. The SMILES string of the molecule is c1ccc(OPC(c2ccccc2)c2ccccc2)cc1. The van der Waals surface area contributed by atoms with Gasteiger partial charge in [-0.3, -0.25) is 0 Å². The molecule has 2 heteroatoms. The smallest absolute Gasteiger partial charge is 0.122 e. The van der Waals surface area contributed by atoms with E-state index in [0.717, 1.165) is 5.75 Å². The van der Waals surface area contributed by atoms with Crippen LogP contribution in [0.4, 0.5) is 0 Å². The van der Waals surface area contributed by atoms with Crippen LogP contribution in [0.15, 0.2) is 91.0 Å². The zero-order chi connectivity index (χ0) is 14.3. The highest BCUT2D eigenvalue weighted by atomic mass is 31.1. The first kappa shape index (κ1) is 13.9. The van der Waals surface area contributed by atoms with Crippen LogP contribution in [0.25, 0.3) is 0 Å². The minimum Gasteiger partial charge on any atom is -0.476 e. The molecule has 1 nitrogen and oxygen atoms in total. The van der Waals surface area contributed by atoms with E-state index in [1.54, 1.807) is 0 Å². The van der Waals surface area contributed by atoms with Crippen LogP contribution in [0.2, 0.25) is 0 Å².